The summed E-state index contributed by atoms with van der Waals surface area (Å²) >= 11 is 1.67. The summed E-state index contributed by atoms with van der Waals surface area (Å²) in [5.41, 5.74) is 3.07. The molecule has 1 aliphatic carbocycles. The number of rotatable bonds is 9. The number of fused-ring (bicyclic) bond motifs is 3. The zero-order valence-electron chi connectivity index (χ0n) is 19.3. The van der Waals surface area contributed by atoms with Gasteiger partial charge in [-0.1, -0.05) is 6.92 Å². The van der Waals surface area contributed by atoms with E-state index in [4.69, 9.17) is 19.2 Å². The molecule has 0 saturated carbocycles. The average Bonchev–Trinajstić information content (AvgIpc) is 3.17. The number of hydrogen-bond acceptors (Lipinski definition) is 7. The summed E-state index contributed by atoms with van der Waals surface area (Å²) in [6, 6.07) is 5.65. The summed E-state index contributed by atoms with van der Waals surface area (Å²) in [5.74, 6) is 1.86. The van der Waals surface area contributed by atoms with Crippen LogP contribution < -0.4 is 19.8 Å². The van der Waals surface area contributed by atoms with E-state index in [2.05, 4.69) is 11.8 Å². The summed E-state index contributed by atoms with van der Waals surface area (Å²) in [5, 5.41) is 0. The lowest BCUT2D eigenvalue weighted by molar-refractivity contribution is 0.252. The summed E-state index contributed by atoms with van der Waals surface area (Å²) in [7, 11) is 4.85. The van der Waals surface area contributed by atoms with E-state index in [1.165, 1.54) is 17.0 Å². The zero-order chi connectivity index (χ0) is 22.7. The summed E-state index contributed by atoms with van der Waals surface area (Å²) in [4.78, 5) is 22.2. The molecule has 0 atom stereocenters. The van der Waals surface area contributed by atoms with Gasteiger partial charge < -0.3 is 14.2 Å². The van der Waals surface area contributed by atoms with Gasteiger partial charge in [-0.3, -0.25) is 14.1 Å². The average molecular weight is 458 g/mol. The van der Waals surface area contributed by atoms with Crippen LogP contribution in [0.2, 0.25) is 0 Å². The molecule has 1 aromatic carbocycles. The predicted molar refractivity (Wildman–Crippen MR) is 126 cm³/mol. The molecule has 172 valence electrons. The first-order chi connectivity index (χ1) is 15.6. The zero-order valence-corrected chi connectivity index (χ0v) is 20.1. The lowest BCUT2D eigenvalue weighted by Gasteiger charge is -2.22. The van der Waals surface area contributed by atoms with Gasteiger partial charge in [-0.15, -0.1) is 11.3 Å². The first kappa shape index (κ1) is 22.6. The van der Waals surface area contributed by atoms with Crippen LogP contribution in [0.15, 0.2) is 23.0 Å². The fraction of sp³-hybridized carbons (Fsp3) is 0.500. The van der Waals surface area contributed by atoms with E-state index >= 15 is 0 Å². The Hall–Kier alpha value is -2.58. The Balaban J connectivity index is 1.62. The predicted octanol–water partition coefficient (Wildman–Crippen LogP) is 4.07. The van der Waals surface area contributed by atoms with Crippen molar-refractivity contribution in [2.75, 3.05) is 27.9 Å². The normalized spacial score (nSPS) is 13.4. The Morgan fingerprint density at radius 3 is 2.41 bits per heavy atom. The van der Waals surface area contributed by atoms with Crippen LogP contribution in [0.1, 0.15) is 48.0 Å². The number of aromatic nitrogens is 2. The maximum Gasteiger partial charge on any atom is 0.259 e. The Morgan fingerprint density at radius 2 is 1.75 bits per heavy atom. The monoisotopic (exact) mass is 457 g/mol. The maximum atomic E-state index is 12.9. The quantitative estimate of drug-likeness (QED) is 0.483. The van der Waals surface area contributed by atoms with Crippen LogP contribution in [-0.2, 0) is 25.9 Å². The minimum absolute atomic E-state index is 0.0358. The first-order valence-electron chi connectivity index (χ1n) is 11.1. The van der Waals surface area contributed by atoms with Crippen molar-refractivity contribution in [2.24, 2.45) is 0 Å². The smallest absolute Gasteiger partial charge is 0.259 e. The van der Waals surface area contributed by atoms with Crippen LogP contribution in [0.4, 0.5) is 0 Å². The van der Waals surface area contributed by atoms with Crippen molar-refractivity contribution < 1.29 is 14.2 Å². The molecule has 0 fully saturated rings. The van der Waals surface area contributed by atoms with Gasteiger partial charge in [0.25, 0.3) is 5.56 Å². The van der Waals surface area contributed by atoms with Crippen molar-refractivity contribution in [3.05, 3.63) is 50.4 Å². The Labute approximate surface area is 192 Å². The molecule has 8 heteroatoms. The van der Waals surface area contributed by atoms with Crippen molar-refractivity contribution in [3.8, 4) is 17.2 Å². The number of methoxy groups -OCH3 is 3. The van der Waals surface area contributed by atoms with Gasteiger partial charge in [0.1, 0.15) is 0 Å². The molecule has 0 saturated heterocycles. The van der Waals surface area contributed by atoms with E-state index in [1.54, 1.807) is 38.7 Å². The first-order valence-corrected chi connectivity index (χ1v) is 11.9. The molecule has 7 nitrogen and oxygen atoms in total. The molecule has 32 heavy (non-hydrogen) atoms. The Bertz CT molecular complexity index is 1130. The van der Waals surface area contributed by atoms with Gasteiger partial charge in [-0.05, 0) is 56.3 Å². The second kappa shape index (κ2) is 9.92. The van der Waals surface area contributed by atoms with Crippen LogP contribution in [0.5, 0.6) is 17.2 Å². The van der Waals surface area contributed by atoms with E-state index in [0.29, 0.717) is 30.3 Å². The summed E-state index contributed by atoms with van der Waals surface area (Å²) < 4.78 is 18.3. The largest absolute Gasteiger partial charge is 0.493 e. The minimum atomic E-state index is 0.0358. The molecule has 0 aliphatic heterocycles. The fourth-order valence-electron chi connectivity index (χ4n) is 4.47. The van der Waals surface area contributed by atoms with Crippen LogP contribution in [0.3, 0.4) is 0 Å². The minimum Gasteiger partial charge on any atom is -0.493 e. The van der Waals surface area contributed by atoms with Crippen molar-refractivity contribution in [3.63, 3.8) is 0 Å². The van der Waals surface area contributed by atoms with E-state index < -0.39 is 0 Å². The lowest BCUT2D eigenvalue weighted by Crippen LogP contribution is -2.26. The highest BCUT2D eigenvalue weighted by atomic mass is 32.1. The van der Waals surface area contributed by atoms with Gasteiger partial charge >= 0.3 is 0 Å². The van der Waals surface area contributed by atoms with Gasteiger partial charge in [0, 0.05) is 29.7 Å². The number of nitrogens with zero attached hydrogens (tertiary/aromatic N) is 3. The van der Waals surface area contributed by atoms with Gasteiger partial charge in [0.15, 0.2) is 16.5 Å². The molecule has 0 bridgehead atoms. The molecule has 4 rings (SSSR count). The Kier molecular flexibility index (Phi) is 7.01. The number of ether oxygens (including phenoxy) is 3. The molecule has 0 unspecified atom stereocenters. The van der Waals surface area contributed by atoms with E-state index in [9.17, 15) is 4.79 Å². The van der Waals surface area contributed by atoms with Crippen molar-refractivity contribution in [1.82, 2.24) is 14.3 Å². The van der Waals surface area contributed by atoms with E-state index in [1.807, 2.05) is 16.5 Å². The summed E-state index contributed by atoms with van der Waals surface area (Å²) in [6.45, 7) is 4.34. The third-order valence-electron chi connectivity index (χ3n) is 5.87. The van der Waals surface area contributed by atoms with Gasteiger partial charge in [0.05, 0.1) is 27.0 Å². The van der Waals surface area contributed by atoms with Crippen LogP contribution in [0.25, 0.3) is 4.96 Å². The van der Waals surface area contributed by atoms with Gasteiger partial charge in [-0.25, -0.2) is 4.98 Å². The van der Waals surface area contributed by atoms with Crippen molar-refractivity contribution in [2.45, 2.75) is 52.1 Å². The molecule has 0 N–H and O–H groups in total. The maximum absolute atomic E-state index is 12.9. The van der Waals surface area contributed by atoms with Gasteiger partial charge in [-0.2, -0.15) is 0 Å². The molecule has 1 aliphatic rings. The van der Waals surface area contributed by atoms with Crippen molar-refractivity contribution in [1.29, 1.82) is 0 Å². The number of aryl methyl sites for hydroxylation is 2. The number of benzene rings is 1. The molecular weight excluding hydrogens is 426 g/mol. The Morgan fingerprint density at radius 1 is 1.03 bits per heavy atom. The SMILES string of the molecule is CCCN(Cc1cc(OC)c(OC)c(OC)c1)Cc1cc(=O)n2c3c(sc2n1)CCCC3. The lowest BCUT2D eigenvalue weighted by atomic mass is 10.0. The third-order valence-corrected chi connectivity index (χ3v) is 7.01. The third kappa shape index (κ3) is 4.47. The molecule has 2 aromatic heterocycles. The molecule has 3 aromatic rings. The van der Waals surface area contributed by atoms with Crippen LogP contribution >= 0.6 is 11.3 Å². The highest BCUT2D eigenvalue weighted by Crippen LogP contribution is 2.38. The second-order valence-electron chi connectivity index (χ2n) is 8.13. The molecule has 0 spiro atoms. The molecule has 0 radical (unpaired) electrons. The number of hydrogen-bond donors (Lipinski definition) is 0. The highest BCUT2D eigenvalue weighted by Gasteiger charge is 2.20. The van der Waals surface area contributed by atoms with Gasteiger partial charge in [0.2, 0.25) is 5.75 Å². The van der Waals surface area contributed by atoms with E-state index in [-0.39, 0.29) is 5.56 Å². The molecule has 0 amide bonds. The highest BCUT2D eigenvalue weighted by molar-refractivity contribution is 7.17. The van der Waals surface area contributed by atoms with Crippen LogP contribution in [-0.4, -0.2) is 42.2 Å². The molecular formula is C24H31N3O4S. The summed E-state index contributed by atoms with van der Waals surface area (Å²) in [6.07, 6.45) is 5.37. The number of thiazole rings is 1. The van der Waals surface area contributed by atoms with Crippen molar-refractivity contribution >= 4 is 16.3 Å². The fourth-order valence-corrected chi connectivity index (χ4v) is 5.70. The molecule has 2 heterocycles. The second-order valence-corrected chi connectivity index (χ2v) is 9.19. The standard InChI is InChI=1S/C24H31N3O4S/c1-5-10-26(14-16-11-19(29-2)23(31-4)20(12-16)30-3)15-17-13-22(28)27-18-8-6-7-9-21(18)32-24(27)25-17/h11-13H,5-10,14-15H2,1-4H3. The van der Waals surface area contributed by atoms with E-state index in [0.717, 1.165) is 48.4 Å². The topological polar surface area (TPSA) is 65.3 Å². The van der Waals surface area contributed by atoms with Crippen LogP contribution in [0, 0.1) is 0 Å².